The van der Waals surface area contributed by atoms with Crippen LogP contribution in [0.3, 0.4) is 0 Å². The minimum atomic E-state index is 0.279. The smallest absolute Gasteiger partial charge is 0.0907 e. The van der Waals surface area contributed by atoms with Crippen molar-refractivity contribution in [2.45, 2.75) is 19.8 Å². The van der Waals surface area contributed by atoms with Gasteiger partial charge in [0.2, 0.25) is 0 Å². The number of hydrogen-bond acceptors (Lipinski definition) is 4. The zero-order chi connectivity index (χ0) is 12.3. The van der Waals surface area contributed by atoms with Gasteiger partial charge in [0, 0.05) is 25.9 Å². The minimum absolute atomic E-state index is 0.279. The molecule has 0 amide bonds. The van der Waals surface area contributed by atoms with E-state index in [1.807, 2.05) is 6.92 Å². The number of fused-ring (bicyclic) bond motifs is 1. The molecule has 17 heavy (non-hydrogen) atoms. The van der Waals surface area contributed by atoms with E-state index < -0.39 is 0 Å². The fourth-order valence-corrected chi connectivity index (χ4v) is 2.72. The first kappa shape index (κ1) is 12.3. The third-order valence-corrected chi connectivity index (χ3v) is 3.75. The number of aromatic nitrogens is 1. The predicted molar refractivity (Wildman–Crippen MR) is 73.9 cm³/mol. The lowest BCUT2D eigenvalue weighted by atomic mass is 10.2. The maximum Gasteiger partial charge on any atom is 0.0907 e. The Balaban J connectivity index is 2.12. The molecule has 0 bridgehead atoms. The zero-order valence-electron chi connectivity index (χ0n) is 10.3. The highest BCUT2D eigenvalue weighted by atomic mass is 32.1. The summed E-state index contributed by atoms with van der Waals surface area (Å²) in [6.45, 7) is 3.29. The zero-order valence-corrected chi connectivity index (χ0v) is 11.1. The van der Waals surface area contributed by atoms with Gasteiger partial charge in [0.15, 0.2) is 0 Å². The van der Waals surface area contributed by atoms with Crippen LogP contribution in [0.15, 0.2) is 18.2 Å². The fourth-order valence-electron chi connectivity index (χ4n) is 1.86. The van der Waals surface area contributed by atoms with Crippen LogP contribution < -0.4 is 4.90 Å². The molecular formula is C13H18N2OS. The van der Waals surface area contributed by atoms with Crippen LogP contribution in [-0.2, 0) is 0 Å². The van der Waals surface area contributed by atoms with Gasteiger partial charge in [-0.15, -0.1) is 11.3 Å². The third kappa shape index (κ3) is 2.96. The van der Waals surface area contributed by atoms with Crippen molar-refractivity contribution in [3.63, 3.8) is 0 Å². The molecule has 0 atom stereocenters. The van der Waals surface area contributed by atoms with Crippen LogP contribution in [0.2, 0.25) is 0 Å². The van der Waals surface area contributed by atoms with Gasteiger partial charge in [-0.05, 0) is 38.0 Å². The predicted octanol–water partition coefficient (Wildman–Crippen LogP) is 2.81. The van der Waals surface area contributed by atoms with E-state index in [2.05, 4.69) is 35.1 Å². The Morgan fingerprint density at radius 2 is 2.18 bits per heavy atom. The molecular weight excluding hydrogens is 232 g/mol. The van der Waals surface area contributed by atoms with Crippen LogP contribution in [-0.4, -0.2) is 30.3 Å². The average Bonchev–Trinajstić information content (AvgIpc) is 2.68. The summed E-state index contributed by atoms with van der Waals surface area (Å²) in [5.74, 6) is 0. The molecule has 1 N–H and O–H groups in total. The summed E-state index contributed by atoms with van der Waals surface area (Å²) in [6.07, 6.45) is 1.89. The molecule has 1 aromatic carbocycles. The first-order valence-corrected chi connectivity index (χ1v) is 6.71. The lowest BCUT2D eigenvalue weighted by Crippen LogP contribution is -2.18. The molecule has 3 nitrogen and oxygen atoms in total. The van der Waals surface area contributed by atoms with Gasteiger partial charge in [-0.25, -0.2) is 4.98 Å². The topological polar surface area (TPSA) is 36.4 Å². The van der Waals surface area contributed by atoms with Crippen LogP contribution in [0.5, 0.6) is 0 Å². The maximum absolute atomic E-state index is 8.77. The van der Waals surface area contributed by atoms with Gasteiger partial charge in [-0.2, -0.15) is 0 Å². The number of anilines is 1. The number of rotatable bonds is 5. The van der Waals surface area contributed by atoms with Crippen molar-refractivity contribution in [3.05, 3.63) is 23.2 Å². The summed E-state index contributed by atoms with van der Waals surface area (Å²) in [6, 6.07) is 6.39. The molecule has 0 aliphatic rings. The number of benzene rings is 1. The van der Waals surface area contributed by atoms with Crippen molar-refractivity contribution in [1.82, 2.24) is 4.98 Å². The molecule has 4 heteroatoms. The Bertz CT molecular complexity index is 495. The van der Waals surface area contributed by atoms with E-state index >= 15 is 0 Å². The molecule has 0 unspecified atom stereocenters. The minimum Gasteiger partial charge on any atom is -0.396 e. The molecule has 2 rings (SSSR count). The summed E-state index contributed by atoms with van der Waals surface area (Å²) in [5.41, 5.74) is 2.30. The molecule has 1 aromatic heterocycles. The first-order valence-electron chi connectivity index (χ1n) is 5.90. The second kappa shape index (κ2) is 5.47. The molecule has 2 aromatic rings. The normalized spacial score (nSPS) is 11.0. The van der Waals surface area contributed by atoms with Crippen LogP contribution in [0.4, 0.5) is 5.69 Å². The quantitative estimate of drug-likeness (QED) is 0.829. The van der Waals surface area contributed by atoms with Gasteiger partial charge >= 0.3 is 0 Å². The molecule has 0 aliphatic heterocycles. The number of hydrogen-bond donors (Lipinski definition) is 1. The number of unbranched alkanes of at least 4 members (excludes halogenated alkanes) is 1. The van der Waals surface area contributed by atoms with Crippen LogP contribution in [0.1, 0.15) is 17.8 Å². The highest BCUT2D eigenvalue weighted by molar-refractivity contribution is 7.18. The van der Waals surface area contributed by atoms with E-state index in [9.17, 15) is 0 Å². The monoisotopic (exact) mass is 250 g/mol. The van der Waals surface area contributed by atoms with Gasteiger partial charge in [-0.3, -0.25) is 0 Å². The molecule has 0 fully saturated rings. The second-order valence-corrected chi connectivity index (χ2v) is 5.47. The number of aliphatic hydroxyl groups excluding tert-OH is 1. The Morgan fingerprint density at radius 3 is 2.94 bits per heavy atom. The Kier molecular flexibility index (Phi) is 3.97. The SMILES string of the molecule is Cc1nc2ccc(N(C)CCCCO)cc2s1. The van der Waals surface area contributed by atoms with Crippen molar-refractivity contribution in [1.29, 1.82) is 0 Å². The lowest BCUT2D eigenvalue weighted by molar-refractivity contribution is 0.285. The van der Waals surface area contributed by atoms with E-state index in [4.69, 9.17) is 5.11 Å². The van der Waals surface area contributed by atoms with Gasteiger partial charge < -0.3 is 10.0 Å². The lowest BCUT2D eigenvalue weighted by Gasteiger charge is -2.18. The van der Waals surface area contributed by atoms with E-state index in [0.717, 1.165) is 29.9 Å². The van der Waals surface area contributed by atoms with Gasteiger partial charge in [0.05, 0.1) is 15.2 Å². The van der Waals surface area contributed by atoms with Crippen molar-refractivity contribution in [2.24, 2.45) is 0 Å². The molecule has 0 saturated heterocycles. The van der Waals surface area contributed by atoms with Gasteiger partial charge in [-0.1, -0.05) is 0 Å². The van der Waals surface area contributed by atoms with Crippen molar-refractivity contribution < 1.29 is 5.11 Å². The Morgan fingerprint density at radius 1 is 1.35 bits per heavy atom. The van der Waals surface area contributed by atoms with E-state index in [-0.39, 0.29) is 6.61 Å². The standard InChI is InChI=1S/C13H18N2OS/c1-10-14-12-6-5-11(9-13(12)17-10)15(2)7-3-4-8-16/h5-6,9,16H,3-4,7-8H2,1-2H3. The van der Waals surface area contributed by atoms with Crippen molar-refractivity contribution in [3.8, 4) is 0 Å². The third-order valence-electron chi connectivity index (χ3n) is 2.82. The van der Waals surface area contributed by atoms with Crippen molar-refractivity contribution >= 4 is 27.2 Å². The van der Waals surface area contributed by atoms with E-state index in [0.29, 0.717) is 0 Å². The first-order chi connectivity index (χ1) is 8.20. The van der Waals surface area contributed by atoms with Crippen LogP contribution >= 0.6 is 11.3 Å². The summed E-state index contributed by atoms with van der Waals surface area (Å²) in [4.78, 5) is 6.68. The highest BCUT2D eigenvalue weighted by Crippen LogP contribution is 2.26. The average molecular weight is 250 g/mol. The molecule has 0 saturated carbocycles. The molecule has 0 spiro atoms. The second-order valence-electron chi connectivity index (χ2n) is 4.24. The van der Waals surface area contributed by atoms with Gasteiger partial charge in [0.25, 0.3) is 0 Å². The maximum atomic E-state index is 8.77. The van der Waals surface area contributed by atoms with Crippen LogP contribution in [0, 0.1) is 6.92 Å². The van der Waals surface area contributed by atoms with Crippen LogP contribution in [0.25, 0.3) is 10.2 Å². The number of nitrogens with zero attached hydrogens (tertiary/aromatic N) is 2. The fraction of sp³-hybridized carbons (Fsp3) is 0.462. The summed E-state index contributed by atoms with van der Waals surface area (Å²) in [5, 5.41) is 9.88. The Hall–Kier alpha value is -1.13. The Labute approximate surface area is 106 Å². The molecule has 1 heterocycles. The molecule has 92 valence electrons. The number of thiazole rings is 1. The summed E-state index contributed by atoms with van der Waals surface area (Å²) >= 11 is 1.73. The molecule has 0 radical (unpaired) electrons. The summed E-state index contributed by atoms with van der Waals surface area (Å²) in [7, 11) is 2.09. The molecule has 0 aliphatic carbocycles. The van der Waals surface area contributed by atoms with E-state index in [1.165, 1.54) is 10.4 Å². The summed E-state index contributed by atoms with van der Waals surface area (Å²) < 4.78 is 1.24. The number of aliphatic hydroxyl groups is 1. The highest BCUT2D eigenvalue weighted by Gasteiger charge is 2.04. The number of aryl methyl sites for hydroxylation is 1. The van der Waals surface area contributed by atoms with Crippen molar-refractivity contribution in [2.75, 3.05) is 25.1 Å². The van der Waals surface area contributed by atoms with Gasteiger partial charge in [0.1, 0.15) is 0 Å². The largest absolute Gasteiger partial charge is 0.396 e. The van der Waals surface area contributed by atoms with E-state index in [1.54, 1.807) is 11.3 Å².